The standard InChI is InChI=1S/C24H24FN5O2/c25-24(11-2-1-3-12-24)16-28-22(31)19-9-10-21(27-14-19)30-23(32)20(15-29-30)18-6-4-5-17(13-26)7-8-18/h5-10,14-15,29H,1-4,11-12,16H2,(H,28,31). The van der Waals surface area contributed by atoms with Crippen LogP contribution in [0.15, 0.2) is 59.2 Å². The molecule has 0 bridgehead atoms. The van der Waals surface area contributed by atoms with Gasteiger partial charge < -0.3 is 5.32 Å². The van der Waals surface area contributed by atoms with Gasteiger partial charge in [-0.3, -0.25) is 14.7 Å². The SMILES string of the molecule is N#CC1=CCC=C(c2c[nH]n(-c3ccc(C(=O)NCC4(F)CCCCC4)cn3)c2=O)C=C1. The fraction of sp³-hybridized carbons (Fsp3) is 0.333. The maximum atomic E-state index is 14.7. The van der Waals surface area contributed by atoms with E-state index in [2.05, 4.69) is 21.5 Å². The van der Waals surface area contributed by atoms with Crippen LogP contribution in [0.25, 0.3) is 11.4 Å². The Bertz CT molecular complexity index is 1190. The molecule has 2 aliphatic rings. The van der Waals surface area contributed by atoms with Crippen molar-refractivity contribution in [2.24, 2.45) is 0 Å². The second-order valence-corrected chi connectivity index (χ2v) is 8.13. The molecule has 32 heavy (non-hydrogen) atoms. The molecule has 4 rings (SSSR count). The first kappa shape index (κ1) is 21.5. The van der Waals surface area contributed by atoms with Crippen molar-refractivity contribution in [3.8, 4) is 11.9 Å². The number of nitrogens with zero attached hydrogens (tertiary/aromatic N) is 3. The largest absolute Gasteiger partial charge is 0.349 e. The number of aromatic nitrogens is 3. The molecule has 2 N–H and O–H groups in total. The molecule has 0 spiro atoms. The molecule has 0 aliphatic heterocycles. The van der Waals surface area contributed by atoms with Crippen molar-refractivity contribution in [2.45, 2.75) is 44.2 Å². The number of nitriles is 1. The minimum atomic E-state index is -1.33. The third-order valence-corrected chi connectivity index (χ3v) is 5.88. The molecular formula is C24H24FN5O2. The van der Waals surface area contributed by atoms with E-state index in [4.69, 9.17) is 5.26 Å². The zero-order valence-corrected chi connectivity index (χ0v) is 17.6. The molecule has 2 aliphatic carbocycles. The molecule has 7 nitrogen and oxygen atoms in total. The number of alkyl halides is 1. The molecule has 164 valence electrons. The Kier molecular flexibility index (Phi) is 6.17. The van der Waals surface area contributed by atoms with Gasteiger partial charge in [-0.1, -0.05) is 37.5 Å². The fourth-order valence-corrected chi connectivity index (χ4v) is 4.01. The first-order valence-electron chi connectivity index (χ1n) is 10.7. The molecule has 1 saturated carbocycles. The smallest absolute Gasteiger partial charge is 0.280 e. The molecule has 1 amide bonds. The molecule has 0 atom stereocenters. The van der Waals surface area contributed by atoms with E-state index in [-0.39, 0.29) is 18.0 Å². The lowest BCUT2D eigenvalue weighted by Gasteiger charge is -2.29. The number of pyridine rings is 1. The van der Waals surface area contributed by atoms with E-state index in [0.717, 1.165) is 19.3 Å². The highest BCUT2D eigenvalue weighted by molar-refractivity contribution is 5.94. The lowest BCUT2D eigenvalue weighted by Crippen LogP contribution is -2.41. The van der Waals surface area contributed by atoms with E-state index < -0.39 is 5.67 Å². The third-order valence-electron chi connectivity index (χ3n) is 5.88. The maximum absolute atomic E-state index is 14.7. The zero-order chi connectivity index (χ0) is 22.6. The van der Waals surface area contributed by atoms with Gasteiger partial charge >= 0.3 is 0 Å². The highest BCUT2D eigenvalue weighted by Crippen LogP contribution is 2.31. The third kappa shape index (κ3) is 4.62. The maximum Gasteiger partial charge on any atom is 0.280 e. The molecule has 8 heteroatoms. The fourth-order valence-electron chi connectivity index (χ4n) is 4.01. The number of amides is 1. The van der Waals surface area contributed by atoms with Crippen molar-refractivity contribution in [1.82, 2.24) is 20.1 Å². The highest BCUT2D eigenvalue weighted by Gasteiger charge is 2.32. The Morgan fingerprint density at radius 1 is 1.25 bits per heavy atom. The Balaban J connectivity index is 1.46. The van der Waals surface area contributed by atoms with Crippen LogP contribution < -0.4 is 10.9 Å². The van der Waals surface area contributed by atoms with Gasteiger partial charge in [-0.2, -0.15) is 5.26 Å². The molecule has 2 aromatic heterocycles. The van der Waals surface area contributed by atoms with Crippen LogP contribution in [0.4, 0.5) is 4.39 Å². The van der Waals surface area contributed by atoms with E-state index in [0.29, 0.717) is 47.4 Å². The van der Waals surface area contributed by atoms with Gasteiger partial charge in [0, 0.05) is 18.0 Å². The summed E-state index contributed by atoms with van der Waals surface area (Å²) in [4.78, 5) is 29.5. The van der Waals surface area contributed by atoms with Crippen molar-refractivity contribution >= 4 is 11.5 Å². The summed E-state index contributed by atoms with van der Waals surface area (Å²) in [5.74, 6) is -0.0539. The minimum absolute atomic E-state index is 0.00195. The van der Waals surface area contributed by atoms with E-state index >= 15 is 0 Å². The van der Waals surface area contributed by atoms with Crippen LogP contribution in [0, 0.1) is 11.3 Å². The molecule has 1 fully saturated rings. The number of nitrogens with one attached hydrogen (secondary N) is 2. The number of H-pyrrole nitrogens is 1. The average Bonchev–Trinajstić information content (AvgIpc) is 3.04. The monoisotopic (exact) mass is 433 g/mol. The molecule has 0 radical (unpaired) electrons. The van der Waals surface area contributed by atoms with Crippen LogP contribution in [0.3, 0.4) is 0 Å². The molecule has 0 saturated heterocycles. The van der Waals surface area contributed by atoms with E-state index in [1.54, 1.807) is 36.6 Å². The normalized spacial score (nSPS) is 17.6. The van der Waals surface area contributed by atoms with Crippen molar-refractivity contribution in [1.29, 1.82) is 5.26 Å². The number of hydrogen-bond acceptors (Lipinski definition) is 4. The Morgan fingerprint density at radius 3 is 2.78 bits per heavy atom. The number of rotatable bonds is 5. The highest BCUT2D eigenvalue weighted by atomic mass is 19.1. The van der Waals surface area contributed by atoms with Crippen LogP contribution in [0.5, 0.6) is 0 Å². The van der Waals surface area contributed by atoms with Gasteiger partial charge in [0.05, 0.1) is 23.7 Å². The van der Waals surface area contributed by atoms with Gasteiger partial charge in [-0.25, -0.2) is 14.1 Å². The van der Waals surface area contributed by atoms with Crippen molar-refractivity contribution in [2.75, 3.05) is 6.54 Å². The van der Waals surface area contributed by atoms with Gasteiger partial charge in [0.2, 0.25) is 0 Å². The quantitative estimate of drug-likeness (QED) is 0.749. The second-order valence-electron chi connectivity index (χ2n) is 8.13. The van der Waals surface area contributed by atoms with Crippen LogP contribution >= 0.6 is 0 Å². The Morgan fingerprint density at radius 2 is 2.06 bits per heavy atom. The van der Waals surface area contributed by atoms with Crippen LogP contribution in [0.2, 0.25) is 0 Å². The summed E-state index contributed by atoms with van der Waals surface area (Å²) >= 11 is 0. The van der Waals surface area contributed by atoms with Gasteiger partial charge in [0.1, 0.15) is 5.67 Å². The summed E-state index contributed by atoms with van der Waals surface area (Å²) in [7, 11) is 0. The Labute approximate surface area is 185 Å². The zero-order valence-electron chi connectivity index (χ0n) is 17.6. The van der Waals surface area contributed by atoms with Gasteiger partial charge in [-0.15, -0.1) is 0 Å². The van der Waals surface area contributed by atoms with Gasteiger partial charge in [0.15, 0.2) is 5.82 Å². The van der Waals surface area contributed by atoms with Crippen LogP contribution in [-0.2, 0) is 0 Å². The summed E-state index contributed by atoms with van der Waals surface area (Å²) in [6.07, 6.45) is 14.3. The van der Waals surface area contributed by atoms with Crippen LogP contribution in [0.1, 0.15) is 54.4 Å². The number of aromatic amines is 1. The van der Waals surface area contributed by atoms with Gasteiger partial charge in [0.25, 0.3) is 11.5 Å². The predicted molar refractivity (Wildman–Crippen MR) is 119 cm³/mol. The number of allylic oxidation sites excluding steroid dienone is 6. The molecule has 2 heterocycles. The number of halogens is 1. The predicted octanol–water partition coefficient (Wildman–Crippen LogP) is 3.76. The number of carbonyl (C=O) groups is 1. The second kappa shape index (κ2) is 9.18. The summed E-state index contributed by atoms with van der Waals surface area (Å²) in [5.41, 5.74) is 0.397. The molecule has 0 aromatic carbocycles. The van der Waals surface area contributed by atoms with E-state index in [1.165, 1.54) is 10.9 Å². The van der Waals surface area contributed by atoms with Crippen molar-refractivity contribution in [3.05, 3.63) is 75.9 Å². The number of hydrogen-bond donors (Lipinski definition) is 2. The summed E-state index contributed by atoms with van der Waals surface area (Å²) < 4.78 is 16.0. The Hall–Kier alpha value is -3.73. The summed E-state index contributed by atoms with van der Waals surface area (Å²) in [6.45, 7) is -0.00195. The van der Waals surface area contributed by atoms with E-state index in [9.17, 15) is 14.0 Å². The first-order valence-corrected chi connectivity index (χ1v) is 10.7. The molecular weight excluding hydrogens is 409 g/mol. The average molecular weight is 433 g/mol. The summed E-state index contributed by atoms with van der Waals surface area (Å²) in [5, 5.41) is 14.6. The topological polar surface area (TPSA) is 104 Å². The van der Waals surface area contributed by atoms with E-state index in [1.807, 2.05) is 6.08 Å². The lowest BCUT2D eigenvalue weighted by molar-refractivity contribution is 0.0813. The van der Waals surface area contributed by atoms with Crippen LogP contribution in [-0.4, -0.2) is 32.9 Å². The van der Waals surface area contributed by atoms with Crippen molar-refractivity contribution in [3.63, 3.8) is 0 Å². The first-order chi connectivity index (χ1) is 15.5. The lowest BCUT2D eigenvalue weighted by atomic mass is 9.86. The molecule has 2 aromatic rings. The summed E-state index contributed by atoms with van der Waals surface area (Å²) in [6, 6.07) is 5.22. The molecule has 0 unspecified atom stereocenters. The minimum Gasteiger partial charge on any atom is -0.349 e. The van der Waals surface area contributed by atoms with Crippen molar-refractivity contribution < 1.29 is 9.18 Å². The van der Waals surface area contributed by atoms with Gasteiger partial charge in [-0.05, 0) is 43.0 Å². The number of carbonyl (C=O) groups excluding carboxylic acids is 1.